The molecule has 0 fully saturated rings. The van der Waals surface area contributed by atoms with Gasteiger partial charge in [0.1, 0.15) is 13.2 Å². The summed E-state index contributed by atoms with van der Waals surface area (Å²) >= 11 is 0. The summed E-state index contributed by atoms with van der Waals surface area (Å²) in [5.41, 5.74) is 0. The summed E-state index contributed by atoms with van der Waals surface area (Å²) in [5, 5.41) is 14.1. The standard InChI is InChI=1S/C75H145N2O6P/c1-6-8-10-12-14-16-18-20-22-24-26-28-30-32-33-34-35-36-37-38-39-40-41-42-43-45-47-49-51-53-55-57-59-61-63-65-67-69-75(79)76-73(72-83-84(80,81)82-71-70-77(3,4)5)74(78)68-66-64-62-60-58-56-54-52-50-48-46-44-31-29-27-25-23-21-19-17-15-13-11-9-7-2/h8,10,14,16,20,22,26,28,73-74,78H,6-7,9,11-13,15,17-19,21,23-25,27,29-72H2,1-5H3,(H-,76,79,80,81)/b10-8-,16-14-,22-20-,28-26-. The zero-order chi connectivity index (χ0) is 61.2. The average molecular weight is 1200 g/mol. The van der Waals surface area contributed by atoms with Crippen LogP contribution in [0.4, 0.5) is 0 Å². The molecule has 0 rings (SSSR count). The Hall–Kier alpha value is -1.54. The van der Waals surface area contributed by atoms with Crippen LogP contribution in [0.25, 0.3) is 0 Å². The lowest BCUT2D eigenvalue weighted by molar-refractivity contribution is -0.870. The molecule has 0 saturated heterocycles. The summed E-state index contributed by atoms with van der Waals surface area (Å²) in [6.07, 6.45) is 89.2. The number of rotatable bonds is 69. The second kappa shape index (κ2) is 65.9. The van der Waals surface area contributed by atoms with Crippen molar-refractivity contribution in [1.82, 2.24) is 5.32 Å². The Bertz CT molecular complexity index is 1510. The second-order valence-corrected chi connectivity index (χ2v) is 28.0. The molecule has 8 nitrogen and oxygen atoms in total. The SMILES string of the molecule is CC/C=C\C/C=C\C/C=C\C/C=C\CCCCCCCCCCCCCCCCCCCCCCCCCCC(=O)NC(COP(=O)([O-])OCC[N+](C)(C)C)C(O)CCCCCCCCCCCCCCCCCCCCCCCCCCC. The summed E-state index contributed by atoms with van der Waals surface area (Å²) in [6, 6.07) is -0.801. The van der Waals surface area contributed by atoms with Crippen LogP contribution in [0, 0.1) is 0 Å². The predicted molar refractivity (Wildman–Crippen MR) is 367 cm³/mol. The molecular weight excluding hydrogens is 1060 g/mol. The molecule has 3 unspecified atom stereocenters. The summed E-state index contributed by atoms with van der Waals surface area (Å²) in [5.74, 6) is -0.156. The first-order valence-corrected chi connectivity index (χ1v) is 38.4. The molecule has 2 N–H and O–H groups in total. The third kappa shape index (κ3) is 68.0. The van der Waals surface area contributed by atoms with Gasteiger partial charge in [0.25, 0.3) is 7.82 Å². The number of hydrogen-bond donors (Lipinski definition) is 2. The van der Waals surface area contributed by atoms with Crippen molar-refractivity contribution >= 4 is 13.7 Å². The second-order valence-electron chi connectivity index (χ2n) is 26.6. The lowest BCUT2D eigenvalue weighted by Crippen LogP contribution is -2.46. The molecule has 1 amide bonds. The molecule has 0 aliphatic rings. The fourth-order valence-electron chi connectivity index (χ4n) is 11.4. The average Bonchev–Trinajstić information content (AvgIpc) is 3.56. The van der Waals surface area contributed by atoms with Gasteiger partial charge in [-0.15, -0.1) is 0 Å². The number of hydrogen-bond acceptors (Lipinski definition) is 6. The van der Waals surface area contributed by atoms with Gasteiger partial charge >= 0.3 is 0 Å². The van der Waals surface area contributed by atoms with Crippen molar-refractivity contribution in [1.29, 1.82) is 0 Å². The molecule has 0 aliphatic heterocycles. The molecule has 0 aromatic carbocycles. The lowest BCUT2D eigenvalue weighted by Gasteiger charge is -2.30. The van der Waals surface area contributed by atoms with Gasteiger partial charge < -0.3 is 28.8 Å². The van der Waals surface area contributed by atoms with Crippen LogP contribution in [0.1, 0.15) is 373 Å². The van der Waals surface area contributed by atoms with Gasteiger partial charge in [-0.05, 0) is 51.4 Å². The van der Waals surface area contributed by atoms with Crippen molar-refractivity contribution < 1.29 is 32.9 Å². The van der Waals surface area contributed by atoms with Gasteiger partial charge in [-0.1, -0.05) is 364 Å². The Morgan fingerprint density at radius 1 is 0.429 bits per heavy atom. The highest BCUT2D eigenvalue weighted by Gasteiger charge is 2.24. The largest absolute Gasteiger partial charge is 0.756 e. The normalized spacial score (nSPS) is 13.8. The Labute approximate surface area is 524 Å². The molecule has 0 radical (unpaired) electrons. The Morgan fingerprint density at radius 3 is 1.06 bits per heavy atom. The van der Waals surface area contributed by atoms with E-state index in [0.29, 0.717) is 23.9 Å². The maximum absolute atomic E-state index is 13.1. The molecule has 0 bridgehead atoms. The number of phosphoric acid groups is 1. The van der Waals surface area contributed by atoms with E-state index in [1.54, 1.807) is 0 Å². The first-order chi connectivity index (χ1) is 41.0. The van der Waals surface area contributed by atoms with Crippen molar-refractivity contribution in [3.05, 3.63) is 48.6 Å². The molecule has 0 spiro atoms. The van der Waals surface area contributed by atoms with Crippen LogP contribution in [0.3, 0.4) is 0 Å². The topological polar surface area (TPSA) is 108 Å². The van der Waals surface area contributed by atoms with E-state index >= 15 is 0 Å². The van der Waals surface area contributed by atoms with Crippen LogP contribution in [-0.4, -0.2) is 68.5 Å². The van der Waals surface area contributed by atoms with Gasteiger partial charge in [0.05, 0.1) is 39.9 Å². The number of amides is 1. The summed E-state index contributed by atoms with van der Waals surface area (Å²) in [7, 11) is 1.32. The first kappa shape index (κ1) is 82.5. The molecule has 0 aromatic heterocycles. The van der Waals surface area contributed by atoms with Gasteiger partial charge in [-0.25, -0.2) is 0 Å². The van der Waals surface area contributed by atoms with Crippen molar-refractivity contribution in [2.24, 2.45) is 0 Å². The highest BCUT2D eigenvalue weighted by atomic mass is 31.2. The van der Waals surface area contributed by atoms with Crippen molar-refractivity contribution in [2.75, 3.05) is 40.9 Å². The molecule has 9 heteroatoms. The number of unbranched alkanes of at least 4 members (excludes halogenated alkanes) is 48. The van der Waals surface area contributed by atoms with Crippen LogP contribution < -0.4 is 10.2 Å². The van der Waals surface area contributed by atoms with E-state index in [1.807, 2.05) is 21.1 Å². The quantitative estimate of drug-likeness (QED) is 0.0272. The highest BCUT2D eigenvalue weighted by molar-refractivity contribution is 7.45. The first-order valence-electron chi connectivity index (χ1n) is 37.0. The number of quaternary nitrogens is 1. The summed E-state index contributed by atoms with van der Waals surface area (Å²) < 4.78 is 23.6. The van der Waals surface area contributed by atoms with E-state index in [-0.39, 0.29) is 19.1 Å². The number of aliphatic hydroxyl groups is 1. The van der Waals surface area contributed by atoms with E-state index in [2.05, 4.69) is 67.8 Å². The highest BCUT2D eigenvalue weighted by Crippen LogP contribution is 2.38. The van der Waals surface area contributed by atoms with Crippen LogP contribution in [0.15, 0.2) is 48.6 Å². The number of carbonyl (C=O) groups is 1. The van der Waals surface area contributed by atoms with E-state index in [9.17, 15) is 19.4 Å². The molecular formula is C75H145N2O6P. The molecule has 0 heterocycles. The molecule has 0 saturated carbocycles. The number of carbonyl (C=O) groups excluding carboxylic acids is 1. The minimum Gasteiger partial charge on any atom is -0.756 e. The number of aliphatic hydroxyl groups excluding tert-OH is 1. The van der Waals surface area contributed by atoms with E-state index < -0.39 is 20.0 Å². The van der Waals surface area contributed by atoms with Crippen molar-refractivity contribution in [2.45, 2.75) is 386 Å². The Kier molecular flexibility index (Phi) is 64.7. The van der Waals surface area contributed by atoms with Gasteiger partial charge in [-0.2, -0.15) is 0 Å². The van der Waals surface area contributed by atoms with Crippen LogP contribution in [0.5, 0.6) is 0 Å². The summed E-state index contributed by atoms with van der Waals surface area (Å²) in [4.78, 5) is 25.7. The maximum atomic E-state index is 13.1. The van der Waals surface area contributed by atoms with Gasteiger partial charge in [0.15, 0.2) is 0 Å². The van der Waals surface area contributed by atoms with E-state index in [1.165, 1.54) is 283 Å². The number of nitrogens with zero attached hydrogens (tertiary/aromatic N) is 1. The van der Waals surface area contributed by atoms with Gasteiger partial charge in [0.2, 0.25) is 5.91 Å². The number of nitrogens with one attached hydrogen (secondary N) is 1. The van der Waals surface area contributed by atoms with Gasteiger partial charge in [0, 0.05) is 6.42 Å². The monoisotopic (exact) mass is 1200 g/mol. The van der Waals surface area contributed by atoms with Crippen LogP contribution >= 0.6 is 7.82 Å². The molecule has 0 aliphatic carbocycles. The minimum absolute atomic E-state index is 0.0145. The molecule has 3 atom stereocenters. The van der Waals surface area contributed by atoms with Crippen molar-refractivity contribution in [3.63, 3.8) is 0 Å². The lowest BCUT2D eigenvalue weighted by atomic mass is 10.0. The number of phosphoric ester groups is 1. The predicted octanol–water partition coefficient (Wildman–Crippen LogP) is 23.2. The molecule has 0 aromatic rings. The number of allylic oxidation sites excluding steroid dienone is 8. The Balaban J connectivity index is 3.93. The smallest absolute Gasteiger partial charge is 0.268 e. The van der Waals surface area contributed by atoms with Crippen LogP contribution in [0.2, 0.25) is 0 Å². The van der Waals surface area contributed by atoms with E-state index in [0.717, 1.165) is 64.2 Å². The van der Waals surface area contributed by atoms with E-state index in [4.69, 9.17) is 9.05 Å². The fraction of sp³-hybridized carbons (Fsp3) is 0.880. The minimum atomic E-state index is -4.58. The molecule has 496 valence electrons. The zero-order valence-corrected chi connectivity index (χ0v) is 57.8. The summed E-state index contributed by atoms with van der Waals surface area (Å²) in [6.45, 7) is 4.67. The number of likely N-dealkylation sites (N-methyl/N-ethyl adjacent to an activating group) is 1. The fourth-order valence-corrected chi connectivity index (χ4v) is 12.1. The van der Waals surface area contributed by atoms with Crippen LogP contribution in [-0.2, 0) is 18.4 Å². The zero-order valence-electron chi connectivity index (χ0n) is 56.9. The molecule has 84 heavy (non-hydrogen) atoms. The van der Waals surface area contributed by atoms with Crippen molar-refractivity contribution in [3.8, 4) is 0 Å². The maximum Gasteiger partial charge on any atom is 0.268 e. The van der Waals surface area contributed by atoms with Gasteiger partial charge in [-0.3, -0.25) is 9.36 Å². The third-order valence-electron chi connectivity index (χ3n) is 17.1. The Morgan fingerprint density at radius 2 is 0.726 bits per heavy atom. The third-order valence-corrected chi connectivity index (χ3v) is 18.0.